The molecule has 0 aliphatic heterocycles. The molecular formula is C16H15Cl2IN2O2. The zero-order valence-corrected chi connectivity index (χ0v) is 16.3. The number of halogens is 3. The Bertz CT molecular complexity index is 757. The maximum absolute atomic E-state index is 11.3. The average molecular weight is 465 g/mol. The standard InChI is InChI=1S/C16H15Cl2IN2O2/c1-3-14-20-16(18)13(6-7-15(22)23-2)21(14)9-10-4-5-11(19)8-12(10)17/h4-8H,3,9H2,1-2H3/b7-6+. The van der Waals surface area contributed by atoms with E-state index in [-0.39, 0.29) is 0 Å². The lowest BCUT2D eigenvalue weighted by Gasteiger charge is -2.11. The Kier molecular flexibility index (Phi) is 6.50. The summed E-state index contributed by atoms with van der Waals surface area (Å²) in [6, 6.07) is 5.88. The normalized spacial score (nSPS) is 11.2. The number of carbonyl (C=O) groups excluding carboxylic acids is 1. The molecule has 122 valence electrons. The summed E-state index contributed by atoms with van der Waals surface area (Å²) in [6.07, 6.45) is 3.66. The van der Waals surface area contributed by atoms with E-state index in [4.69, 9.17) is 23.2 Å². The second kappa shape index (κ2) is 8.17. The van der Waals surface area contributed by atoms with Crippen LogP contribution in [0.1, 0.15) is 24.0 Å². The van der Waals surface area contributed by atoms with Crippen molar-refractivity contribution in [2.24, 2.45) is 0 Å². The Morgan fingerprint density at radius 1 is 1.43 bits per heavy atom. The fraction of sp³-hybridized carbons (Fsp3) is 0.250. The predicted molar refractivity (Wildman–Crippen MR) is 101 cm³/mol. The van der Waals surface area contributed by atoms with Crippen LogP contribution < -0.4 is 0 Å². The van der Waals surface area contributed by atoms with E-state index in [1.807, 2.05) is 29.7 Å². The minimum atomic E-state index is -0.445. The molecule has 2 rings (SSSR count). The Morgan fingerprint density at radius 3 is 2.78 bits per heavy atom. The van der Waals surface area contributed by atoms with Crippen LogP contribution in [0.3, 0.4) is 0 Å². The molecule has 0 fully saturated rings. The number of imidazole rings is 1. The topological polar surface area (TPSA) is 44.1 Å². The molecule has 23 heavy (non-hydrogen) atoms. The lowest BCUT2D eigenvalue weighted by atomic mass is 10.2. The highest BCUT2D eigenvalue weighted by Gasteiger charge is 2.14. The molecule has 0 N–H and O–H groups in total. The number of carbonyl (C=O) groups is 1. The van der Waals surface area contributed by atoms with Gasteiger partial charge in [0.15, 0.2) is 5.15 Å². The van der Waals surface area contributed by atoms with Crippen molar-refractivity contribution in [1.29, 1.82) is 0 Å². The number of aromatic nitrogens is 2. The third-order valence-corrected chi connectivity index (χ3v) is 4.58. The first-order valence-electron chi connectivity index (χ1n) is 6.91. The van der Waals surface area contributed by atoms with Gasteiger partial charge in [-0.1, -0.05) is 36.2 Å². The second-order valence-corrected chi connectivity index (χ2v) is 6.75. The summed E-state index contributed by atoms with van der Waals surface area (Å²) in [5, 5.41) is 1.04. The summed E-state index contributed by atoms with van der Waals surface area (Å²) in [6.45, 7) is 2.53. The number of ether oxygens (including phenoxy) is 1. The average Bonchev–Trinajstić information content (AvgIpc) is 2.82. The molecule has 0 saturated carbocycles. The number of hydrogen-bond donors (Lipinski definition) is 0. The van der Waals surface area contributed by atoms with Gasteiger partial charge in [-0.3, -0.25) is 0 Å². The molecule has 4 nitrogen and oxygen atoms in total. The summed E-state index contributed by atoms with van der Waals surface area (Å²) >= 11 is 14.8. The maximum Gasteiger partial charge on any atom is 0.330 e. The zero-order chi connectivity index (χ0) is 17.0. The number of nitrogens with zero attached hydrogens (tertiary/aromatic N) is 2. The summed E-state index contributed by atoms with van der Waals surface area (Å²) in [4.78, 5) is 15.7. The summed E-state index contributed by atoms with van der Waals surface area (Å²) in [5.74, 6) is 0.383. The van der Waals surface area contributed by atoms with Gasteiger partial charge in [-0.2, -0.15) is 0 Å². The first-order chi connectivity index (χ1) is 11.0. The summed E-state index contributed by atoms with van der Waals surface area (Å²) in [5.41, 5.74) is 1.62. The van der Waals surface area contributed by atoms with E-state index in [1.165, 1.54) is 13.2 Å². The van der Waals surface area contributed by atoms with Crippen LogP contribution in [0, 0.1) is 3.57 Å². The number of benzene rings is 1. The van der Waals surface area contributed by atoms with E-state index >= 15 is 0 Å². The van der Waals surface area contributed by atoms with Gasteiger partial charge in [-0.25, -0.2) is 9.78 Å². The molecule has 0 unspecified atom stereocenters. The van der Waals surface area contributed by atoms with Crippen LogP contribution in [0.15, 0.2) is 24.3 Å². The van der Waals surface area contributed by atoms with Crippen LogP contribution in [0.5, 0.6) is 0 Å². The van der Waals surface area contributed by atoms with Gasteiger partial charge in [0.2, 0.25) is 0 Å². The van der Waals surface area contributed by atoms with Crippen molar-refractivity contribution < 1.29 is 9.53 Å². The van der Waals surface area contributed by atoms with Crippen molar-refractivity contribution in [3.8, 4) is 0 Å². The van der Waals surface area contributed by atoms with Crippen LogP contribution in [0.2, 0.25) is 10.2 Å². The molecule has 0 saturated heterocycles. The van der Waals surface area contributed by atoms with Crippen LogP contribution in [0.25, 0.3) is 6.08 Å². The van der Waals surface area contributed by atoms with E-state index in [9.17, 15) is 4.79 Å². The molecule has 0 aliphatic rings. The van der Waals surface area contributed by atoms with Crippen molar-refractivity contribution in [3.05, 3.63) is 55.1 Å². The Labute approximate surface area is 158 Å². The zero-order valence-electron chi connectivity index (χ0n) is 12.6. The molecule has 1 aromatic carbocycles. The van der Waals surface area contributed by atoms with E-state index in [0.29, 0.717) is 28.8 Å². The van der Waals surface area contributed by atoms with Gasteiger partial charge in [0.25, 0.3) is 0 Å². The van der Waals surface area contributed by atoms with Crippen molar-refractivity contribution >= 4 is 57.8 Å². The highest BCUT2D eigenvalue weighted by molar-refractivity contribution is 14.1. The van der Waals surface area contributed by atoms with Crippen molar-refractivity contribution in [2.45, 2.75) is 19.9 Å². The van der Waals surface area contributed by atoms with Gasteiger partial charge in [-0.05, 0) is 46.4 Å². The lowest BCUT2D eigenvalue weighted by Crippen LogP contribution is -2.07. The van der Waals surface area contributed by atoms with Crippen molar-refractivity contribution in [3.63, 3.8) is 0 Å². The van der Waals surface area contributed by atoms with E-state index < -0.39 is 5.97 Å². The van der Waals surface area contributed by atoms with E-state index in [0.717, 1.165) is 15.0 Å². The molecule has 1 aromatic heterocycles. The smallest absolute Gasteiger partial charge is 0.330 e. The van der Waals surface area contributed by atoms with Gasteiger partial charge in [0.05, 0.1) is 19.3 Å². The molecule has 0 radical (unpaired) electrons. The largest absolute Gasteiger partial charge is 0.466 e. The summed E-state index contributed by atoms with van der Waals surface area (Å²) < 4.78 is 7.64. The number of aryl methyl sites for hydroxylation is 1. The van der Waals surface area contributed by atoms with Gasteiger partial charge >= 0.3 is 5.97 Å². The molecular weight excluding hydrogens is 450 g/mol. The maximum atomic E-state index is 11.3. The first kappa shape index (κ1) is 18.3. The number of esters is 1. The molecule has 0 aliphatic carbocycles. The van der Waals surface area contributed by atoms with E-state index in [2.05, 4.69) is 32.3 Å². The van der Waals surface area contributed by atoms with Gasteiger partial charge in [0, 0.05) is 21.1 Å². The van der Waals surface area contributed by atoms with Gasteiger partial charge in [0.1, 0.15) is 5.82 Å². The highest BCUT2D eigenvalue weighted by atomic mass is 127. The van der Waals surface area contributed by atoms with Crippen molar-refractivity contribution in [1.82, 2.24) is 9.55 Å². The fourth-order valence-corrected chi connectivity index (χ4v) is 3.30. The number of rotatable bonds is 5. The second-order valence-electron chi connectivity index (χ2n) is 4.74. The number of methoxy groups -OCH3 is 1. The SMILES string of the molecule is CCc1nc(Cl)c(/C=C/C(=O)OC)n1Cc1ccc(I)cc1Cl. The molecule has 2 aromatic rings. The number of hydrogen-bond acceptors (Lipinski definition) is 3. The Hall–Kier alpha value is -1.05. The lowest BCUT2D eigenvalue weighted by molar-refractivity contribution is -0.134. The van der Waals surface area contributed by atoms with E-state index in [1.54, 1.807) is 6.08 Å². The Balaban J connectivity index is 2.43. The highest BCUT2D eigenvalue weighted by Crippen LogP contribution is 2.25. The fourth-order valence-electron chi connectivity index (χ4n) is 2.12. The third kappa shape index (κ3) is 4.49. The molecule has 0 amide bonds. The minimum Gasteiger partial charge on any atom is -0.466 e. The predicted octanol–water partition coefficient (Wildman–Crippen LogP) is 4.59. The van der Waals surface area contributed by atoms with Crippen LogP contribution in [-0.4, -0.2) is 22.6 Å². The third-order valence-electron chi connectivity index (χ3n) is 3.28. The van der Waals surface area contributed by atoms with Crippen LogP contribution >= 0.6 is 45.8 Å². The quantitative estimate of drug-likeness (QED) is 0.369. The van der Waals surface area contributed by atoms with Crippen molar-refractivity contribution in [2.75, 3.05) is 7.11 Å². The minimum absolute atomic E-state index is 0.351. The Morgan fingerprint density at radius 2 is 2.17 bits per heavy atom. The van der Waals surface area contributed by atoms with Gasteiger partial charge < -0.3 is 9.30 Å². The summed E-state index contributed by atoms with van der Waals surface area (Å²) in [7, 11) is 1.33. The molecule has 7 heteroatoms. The first-order valence-corrected chi connectivity index (χ1v) is 8.74. The van der Waals surface area contributed by atoms with Gasteiger partial charge in [-0.15, -0.1) is 0 Å². The monoisotopic (exact) mass is 464 g/mol. The molecule has 1 heterocycles. The molecule has 0 bridgehead atoms. The molecule has 0 spiro atoms. The van der Waals surface area contributed by atoms with Crippen LogP contribution in [-0.2, 0) is 22.5 Å². The molecule has 0 atom stereocenters. The van der Waals surface area contributed by atoms with Crippen LogP contribution in [0.4, 0.5) is 0 Å².